The van der Waals surface area contributed by atoms with Gasteiger partial charge in [-0.3, -0.25) is 14.6 Å². The van der Waals surface area contributed by atoms with E-state index in [1.165, 1.54) is 6.20 Å². The Hall–Kier alpha value is -4.01. The van der Waals surface area contributed by atoms with Gasteiger partial charge < -0.3 is 20.6 Å². The van der Waals surface area contributed by atoms with Crippen molar-refractivity contribution >= 4 is 29.3 Å². The van der Waals surface area contributed by atoms with Gasteiger partial charge in [0.25, 0.3) is 5.91 Å². The van der Waals surface area contributed by atoms with E-state index < -0.39 is 5.97 Å². The number of carbonyl (C=O) groups excluding carboxylic acids is 1. The summed E-state index contributed by atoms with van der Waals surface area (Å²) in [6.07, 6.45) is 5.79. The molecule has 32 heavy (non-hydrogen) atoms. The number of rotatable bonds is 7. The second kappa shape index (κ2) is 9.86. The first-order valence-electron chi connectivity index (χ1n) is 10.4. The van der Waals surface area contributed by atoms with Crippen LogP contribution in [0.2, 0.25) is 0 Å². The molecule has 1 amide bonds. The third-order valence-corrected chi connectivity index (χ3v) is 5.39. The predicted molar refractivity (Wildman–Crippen MR) is 121 cm³/mol. The van der Waals surface area contributed by atoms with Gasteiger partial charge in [-0.05, 0) is 30.5 Å². The topological polar surface area (TPSA) is 120 Å². The number of hydrogen-bond donors (Lipinski definition) is 3. The molecule has 1 fully saturated rings. The Balaban J connectivity index is 1.56. The number of carbonyl (C=O) groups is 2. The molecule has 4 rings (SSSR count). The van der Waals surface area contributed by atoms with Gasteiger partial charge in [0.1, 0.15) is 11.4 Å². The average Bonchev–Trinajstić information content (AvgIpc) is 2.84. The van der Waals surface area contributed by atoms with Crippen LogP contribution in [-0.2, 0) is 11.3 Å². The Morgan fingerprint density at radius 1 is 1.06 bits per heavy atom. The lowest BCUT2D eigenvalue weighted by Crippen LogP contribution is -2.37. The highest BCUT2D eigenvalue weighted by atomic mass is 16.4. The van der Waals surface area contributed by atoms with Crippen molar-refractivity contribution in [2.45, 2.75) is 19.4 Å². The average molecular weight is 432 g/mol. The lowest BCUT2D eigenvalue weighted by Gasteiger charge is -2.30. The zero-order valence-corrected chi connectivity index (χ0v) is 17.4. The van der Waals surface area contributed by atoms with Gasteiger partial charge in [-0.15, -0.1) is 0 Å². The van der Waals surface area contributed by atoms with Crippen LogP contribution in [0.5, 0.6) is 0 Å². The molecule has 3 aromatic rings. The number of hydrogen-bond acceptors (Lipinski definition) is 7. The summed E-state index contributed by atoms with van der Waals surface area (Å²) < 4.78 is 0. The van der Waals surface area contributed by atoms with E-state index in [4.69, 9.17) is 0 Å². The normalized spacial score (nSPS) is 14.1. The Kier molecular flexibility index (Phi) is 6.54. The van der Waals surface area contributed by atoms with Gasteiger partial charge >= 0.3 is 5.97 Å². The van der Waals surface area contributed by atoms with Crippen molar-refractivity contribution in [1.82, 2.24) is 15.0 Å². The van der Waals surface area contributed by atoms with Crippen LogP contribution in [0.25, 0.3) is 0 Å². The molecule has 1 aliphatic rings. The molecule has 0 unspecified atom stereocenters. The summed E-state index contributed by atoms with van der Waals surface area (Å²) in [5, 5.41) is 15.3. The number of piperidine rings is 1. The highest BCUT2D eigenvalue weighted by molar-refractivity contribution is 6.07. The second-order valence-corrected chi connectivity index (χ2v) is 7.56. The van der Waals surface area contributed by atoms with Crippen LogP contribution in [0, 0.1) is 5.92 Å². The minimum atomic E-state index is -0.765. The van der Waals surface area contributed by atoms with Crippen LogP contribution in [0.15, 0.2) is 61.1 Å². The highest BCUT2D eigenvalue weighted by Crippen LogP contribution is 2.24. The first-order chi connectivity index (χ1) is 15.6. The van der Waals surface area contributed by atoms with Crippen molar-refractivity contribution in [1.29, 1.82) is 0 Å². The number of carboxylic acids is 1. The third kappa shape index (κ3) is 5.18. The largest absolute Gasteiger partial charge is 0.481 e. The number of nitrogens with zero attached hydrogens (tertiary/aromatic N) is 4. The maximum atomic E-state index is 12.9. The number of nitrogens with one attached hydrogen (secondary N) is 2. The monoisotopic (exact) mass is 432 g/mol. The van der Waals surface area contributed by atoms with Crippen LogP contribution < -0.4 is 15.5 Å². The summed E-state index contributed by atoms with van der Waals surface area (Å²) in [4.78, 5) is 39.1. The molecule has 0 atom stereocenters. The molecule has 3 N–H and O–H groups in total. The van der Waals surface area contributed by atoms with Gasteiger partial charge in [-0.2, -0.15) is 4.98 Å². The number of benzene rings is 1. The van der Waals surface area contributed by atoms with Crippen molar-refractivity contribution in [3.05, 3.63) is 72.2 Å². The van der Waals surface area contributed by atoms with Gasteiger partial charge in [-0.25, -0.2) is 4.98 Å². The molecule has 3 heterocycles. The quantitative estimate of drug-likeness (QED) is 0.521. The van der Waals surface area contributed by atoms with E-state index >= 15 is 0 Å². The van der Waals surface area contributed by atoms with E-state index in [2.05, 4.69) is 25.6 Å². The van der Waals surface area contributed by atoms with Gasteiger partial charge in [-0.1, -0.05) is 30.3 Å². The fourth-order valence-corrected chi connectivity index (χ4v) is 3.57. The maximum absolute atomic E-state index is 12.9. The molecule has 9 heteroatoms. The number of amides is 1. The molecule has 9 nitrogen and oxygen atoms in total. The molecule has 1 aromatic carbocycles. The Bertz CT molecular complexity index is 1070. The fourth-order valence-electron chi connectivity index (χ4n) is 3.57. The van der Waals surface area contributed by atoms with E-state index in [0.29, 0.717) is 55.5 Å². The Labute approximate surface area is 185 Å². The summed E-state index contributed by atoms with van der Waals surface area (Å²) in [5.74, 6) is -0.537. The lowest BCUT2D eigenvalue weighted by molar-refractivity contribution is -0.142. The van der Waals surface area contributed by atoms with Gasteiger partial charge in [0, 0.05) is 43.9 Å². The summed E-state index contributed by atoms with van der Waals surface area (Å²) in [5.41, 5.74) is 2.00. The van der Waals surface area contributed by atoms with Crippen LogP contribution in [0.1, 0.15) is 28.8 Å². The lowest BCUT2D eigenvalue weighted by atomic mass is 9.97. The molecule has 1 aliphatic heterocycles. The Morgan fingerprint density at radius 3 is 2.47 bits per heavy atom. The molecule has 164 valence electrons. The molecule has 0 spiro atoms. The third-order valence-electron chi connectivity index (χ3n) is 5.39. The summed E-state index contributed by atoms with van der Waals surface area (Å²) in [6.45, 7) is 1.60. The molecule has 2 aromatic heterocycles. The van der Waals surface area contributed by atoms with Crippen LogP contribution >= 0.6 is 0 Å². The van der Waals surface area contributed by atoms with E-state index in [9.17, 15) is 14.7 Å². The van der Waals surface area contributed by atoms with E-state index in [1.807, 2.05) is 35.2 Å². The highest BCUT2D eigenvalue weighted by Gasteiger charge is 2.26. The first-order valence-corrected chi connectivity index (χ1v) is 10.4. The molecular weight excluding hydrogens is 408 g/mol. The predicted octanol–water partition coefficient (Wildman–Crippen LogP) is 3.04. The van der Waals surface area contributed by atoms with Crippen LogP contribution in [0.4, 0.5) is 17.5 Å². The van der Waals surface area contributed by atoms with Crippen LogP contribution in [0.3, 0.4) is 0 Å². The van der Waals surface area contributed by atoms with E-state index in [1.54, 1.807) is 24.5 Å². The molecule has 1 saturated heterocycles. The van der Waals surface area contributed by atoms with E-state index in [-0.39, 0.29) is 11.8 Å². The summed E-state index contributed by atoms with van der Waals surface area (Å²) >= 11 is 0. The Morgan fingerprint density at radius 2 is 1.78 bits per heavy atom. The van der Waals surface area contributed by atoms with Gasteiger partial charge in [0.15, 0.2) is 0 Å². The zero-order chi connectivity index (χ0) is 22.3. The van der Waals surface area contributed by atoms with Crippen molar-refractivity contribution in [2.75, 3.05) is 28.6 Å². The number of anilines is 3. The molecule has 0 saturated carbocycles. The molecule has 0 aliphatic carbocycles. The minimum absolute atomic E-state index is 0.321. The smallest absolute Gasteiger partial charge is 0.306 e. The van der Waals surface area contributed by atoms with Crippen molar-refractivity contribution in [2.24, 2.45) is 5.92 Å². The summed E-state index contributed by atoms with van der Waals surface area (Å²) in [7, 11) is 0. The van der Waals surface area contributed by atoms with Crippen LogP contribution in [-0.4, -0.2) is 45.0 Å². The fraction of sp³-hybridized carbons (Fsp3) is 0.261. The SMILES string of the molecule is O=C(Nc1ccncc1)c1cnc(N2CCC(C(=O)O)CC2)nc1NCc1ccccc1. The standard InChI is InChI=1S/C23H24N6O3/c30-21(27-18-6-10-24-11-7-18)19-15-26-23(29-12-8-17(9-13-29)22(31)32)28-20(19)25-14-16-4-2-1-3-5-16/h1-7,10-11,15,17H,8-9,12-14H2,(H,31,32)(H,24,27,30)(H,25,26,28). The maximum Gasteiger partial charge on any atom is 0.306 e. The molecule has 0 radical (unpaired) electrons. The van der Waals surface area contributed by atoms with Crippen molar-refractivity contribution in [3.8, 4) is 0 Å². The van der Waals surface area contributed by atoms with Gasteiger partial charge in [0.05, 0.1) is 5.92 Å². The summed E-state index contributed by atoms with van der Waals surface area (Å²) in [6, 6.07) is 13.2. The van der Waals surface area contributed by atoms with Gasteiger partial charge in [0.2, 0.25) is 5.95 Å². The number of pyridine rings is 1. The zero-order valence-electron chi connectivity index (χ0n) is 17.4. The number of carboxylic acid groups (broad SMARTS) is 1. The van der Waals surface area contributed by atoms with E-state index in [0.717, 1.165) is 5.56 Å². The van der Waals surface area contributed by atoms with Crippen molar-refractivity contribution < 1.29 is 14.7 Å². The second-order valence-electron chi connectivity index (χ2n) is 7.56. The number of aromatic nitrogens is 3. The molecular formula is C23H24N6O3. The first kappa shape index (κ1) is 21.2. The van der Waals surface area contributed by atoms with Crippen molar-refractivity contribution in [3.63, 3.8) is 0 Å². The number of aliphatic carboxylic acids is 1. The molecule has 0 bridgehead atoms. The minimum Gasteiger partial charge on any atom is -0.481 e.